The predicted molar refractivity (Wildman–Crippen MR) is 65.7 cm³/mol. The molecule has 0 aromatic heterocycles. The SMILES string of the molecule is N#CCC(=O)N/N=C\c1cc(Cl)cc([N+](=O)[O-])c1O. The van der Waals surface area contributed by atoms with E-state index in [2.05, 4.69) is 5.10 Å². The molecule has 0 aliphatic rings. The number of carbonyl (C=O) groups is 1. The van der Waals surface area contributed by atoms with Gasteiger partial charge < -0.3 is 5.11 Å². The molecule has 8 nitrogen and oxygen atoms in total. The molecule has 0 aliphatic heterocycles. The molecule has 98 valence electrons. The highest BCUT2D eigenvalue weighted by Crippen LogP contribution is 2.32. The Morgan fingerprint density at radius 2 is 2.37 bits per heavy atom. The molecule has 2 N–H and O–H groups in total. The lowest BCUT2D eigenvalue weighted by atomic mass is 10.2. The van der Waals surface area contributed by atoms with Crippen LogP contribution in [0.1, 0.15) is 12.0 Å². The summed E-state index contributed by atoms with van der Waals surface area (Å²) in [5.41, 5.74) is 1.41. The topological polar surface area (TPSA) is 129 Å². The zero-order valence-electron chi connectivity index (χ0n) is 9.33. The molecule has 0 radical (unpaired) electrons. The summed E-state index contributed by atoms with van der Waals surface area (Å²) in [4.78, 5) is 20.7. The van der Waals surface area contributed by atoms with Crippen molar-refractivity contribution in [3.63, 3.8) is 0 Å². The summed E-state index contributed by atoms with van der Waals surface area (Å²) in [7, 11) is 0. The lowest BCUT2D eigenvalue weighted by Gasteiger charge is -2.01. The van der Waals surface area contributed by atoms with Crippen molar-refractivity contribution in [2.24, 2.45) is 5.10 Å². The second-order valence-electron chi connectivity index (χ2n) is 3.25. The number of hydrazone groups is 1. The molecule has 0 spiro atoms. The van der Waals surface area contributed by atoms with Crippen molar-refractivity contribution in [2.75, 3.05) is 0 Å². The van der Waals surface area contributed by atoms with Crippen LogP contribution < -0.4 is 5.43 Å². The van der Waals surface area contributed by atoms with Crippen LogP contribution in [0.5, 0.6) is 5.75 Å². The first-order valence-electron chi connectivity index (χ1n) is 4.81. The largest absolute Gasteiger partial charge is 0.502 e. The van der Waals surface area contributed by atoms with Crippen LogP contribution in [0.4, 0.5) is 5.69 Å². The highest BCUT2D eigenvalue weighted by molar-refractivity contribution is 6.31. The molecule has 0 bridgehead atoms. The van der Waals surface area contributed by atoms with E-state index in [9.17, 15) is 20.0 Å². The molecule has 0 heterocycles. The first-order valence-corrected chi connectivity index (χ1v) is 5.19. The van der Waals surface area contributed by atoms with Gasteiger partial charge in [0.1, 0.15) is 6.42 Å². The number of phenolic OH excluding ortho intramolecular Hbond substituents is 1. The number of hydrogen-bond acceptors (Lipinski definition) is 6. The summed E-state index contributed by atoms with van der Waals surface area (Å²) in [6.45, 7) is 0. The van der Waals surface area contributed by atoms with Crippen molar-refractivity contribution < 1.29 is 14.8 Å². The van der Waals surface area contributed by atoms with Gasteiger partial charge in [-0.2, -0.15) is 10.4 Å². The lowest BCUT2D eigenvalue weighted by Crippen LogP contribution is -2.16. The molecule has 1 amide bonds. The fraction of sp³-hybridized carbons (Fsp3) is 0.100. The number of nitro benzene ring substituents is 1. The minimum absolute atomic E-state index is 0.0311. The van der Waals surface area contributed by atoms with Crippen molar-refractivity contribution in [1.29, 1.82) is 5.26 Å². The van der Waals surface area contributed by atoms with Gasteiger partial charge >= 0.3 is 5.69 Å². The molecule has 0 saturated heterocycles. The Morgan fingerprint density at radius 3 is 2.95 bits per heavy atom. The van der Waals surface area contributed by atoms with E-state index in [1.807, 2.05) is 5.43 Å². The highest BCUT2D eigenvalue weighted by Gasteiger charge is 2.17. The summed E-state index contributed by atoms with van der Waals surface area (Å²) in [6, 6.07) is 3.84. The summed E-state index contributed by atoms with van der Waals surface area (Å²) in [5.74, 6) is -1.26. The van der Waals surface area contributed by atoms with Gasteiger partial charge in [0.15, 0.2) is 0 Å². The molecule has 9 heteroatoms. The van der Waals surface area contributed by atoms with Gasteiger partial charge in [-0.25, -0.2) is 5.43 Å². The Bertz CT molecular complexity index is 594. The van der Waals surface area contributed by atoms with Crippen LogP contribution in [0.2, 0.25) is 5.02 Å². The third kappa shape index (κ3) is 3.93. The zero-order valence-corrected chi connectivity index (χ0v) is 10.1. The van der Waals surface area contributed by atoms with Crippen molar-refractivity contribution in [3.8, 4) is 11.8 Å². The Morgan fingerprint density at radius 1 is 1.68 bits per heavy atom. The number of nitro groups is 1. The molecular formula is C10H7ClN4O4. The van der Waals surface area contributed by atoms with Crippen molar-refractivity contribution >= 4 is 29.4 Å². The van der Waals surface area contributed by atoms with Gasteiger partial charge in [-0.15, -0.1) is 0 Å². The standard InChI is InChI=1S/C10H7ClN4O4/c11-7-3-6(5-13-14-9(16)1-2-12)10(17)8(4-7)15(18)19/h3-5,17H,1H2,(H,14,16)/b13-5-. The van der Waals surface area contributed by atoms with E-state index in [1.165, 1.54) is 6.07 Å². The van der Waals surface area contributed by atoms with Gasteiger partial charge in [-0.3, -0.25) is 14.9 Å². The predicted octanol–water partition coefficient (Wildman–Crippen LogP) is 1.32. The molecule has 0 saturated carbocycles. The number of nitrogens with zero attached hydrogens (tertiary/aromatic N) is 3. The monoisotopic (exact) mass is 282 g/mol. The second-order valence-corrected chi connectivity index (χ2v) is 3.68. The van der Waals surface area contributed by atoms with E-state index >= 15 is 0 Å². The number of amides is 1. The maximum Gasteiger partial charge on any atom is 0.312 e. The van der Waals surface area contributed by atoms with Gasteiger partial charge in [-0.1, -0.05) is 11.6 Å². The fourth-order valence-corrected chi connectivity index (χ4v) is 1.35. The van der Waals surface area contributed by atoms with E-state index in [4.69, 9.17) is 16.9 Å². The summed E-state index contributed by atoms with van der Waals surface area (Å²) < 4.78 is 0. The minimum Gasteiger partial charge on any atom is -0.502 e. The summed E-state index contributed by atoms with van der Waals surface area (Å²) >= 11 is 5.65. The number of aromatic hydroxyl groups is 1. The van der Waals surface area contributed by atoms with Crippen LogP contribution in [-0.4, -0.2) is 22.2 Å². The maximum absolute atomic E-state index is 10.9. The van der Waals surface area contributed by atoms with Crippen molar-refractivity contribution in [1.82, 2.24) is 5.43 Å². The number of nitriles is 1. The third-order valence-electron chi connectivity index (χ3n) is 1.91. The number of benzene rings is 1. The molecular weight excluding hydrogens is 276 g/mol. The molecule has 1 aromatic carbocycles. The lowest BCUT2D eigenvalue weighted by molar-refractivity contribution is -0.385. The molecule has 1 aromatic rings. The van der Waals surface area contributed by atoms with Gasteiger partial charge in [0.05, 0.1) is 17.2 Å². The first kappa shape index (κ1) is 14.4. The number of hydrogen-bond donors (Lipinski definition) is 2. The minimum atomic E-state index is -0.799. The smallest absolute Gasteiger partial charge is 0.312 e. The average Bonchev–Trinajstić information content (AvgIpc) is 2.33. The Labute approximate surface area is 112 Å². The summed E-state index contributed by atoms with van der Waals surface area (Å²) in [5, 5.41) is 31.9. The number of phenols is 1. The van der Waals surface area contributed by atoms with Gasteiger partial charge in [0.2, 0.25) is 5.75 Å². The van der Waals surface area contributed by atoms with Crippen molar-refractivity contribution in [3.05, 3.63) is 32.8 Å². The number of rotatable bonds is 4. The van der Waals surface area contributed by atoms with E-state index in [0.29, 0.717) is 0 Å². The second kappa shape index (κ2) is 6.32. The normalized spacial score (nSPS) is 10.1. The van der Waals surface area contributed by atoms with Crippen LogP contribution in [0.15, 0.2) is 17.2 Å². The van der Waals surface area contributed by atoms with E-state index in [0.717, 1.165) is 12.3 Å². The van der Waals surface area contributed by atoms with Crippen LogP contribution in [0, 0.1) is 21.4 Å². The number of halogens is 1. The summed E-state index contributed by atoms with van der Waals surface area (Å²) in [6.07, 6.45) is 0.614. The maximum atomic E-state index is 10.9. The van der Waals surface area contributed by atoms with Gasteiger partial charge in [0.25, 0.3) is 5.91 Å². The quantitative estimate of drug-likeness (QED) is 0.489. The van der Waals surface area contributed by atoms with Crippen LogP contribution in [0.25, 0.3) is 0 Å². The van der Waals surface area contributed by atoms with Crippen molar-refractivity contribution in [2.45, 2.75) is 6.42 Å². The molecule has 19 heavy (non-hydrogen) atoms. The van der Waals surface area contributed by atoms with Gasteiger partial charge in [-0.05, 0) is 6.07 Å². The fourth-order valence-electron chi connectivity index (χ4n) is 1.13. The van der Waals surface area contributed by atoms with E-state index in [-0.39, 0.29) is 17.0 Å². The Hall–Kier alpha value is -2.66. The van der Waals surface area contributed by atoms with E-state index in [1.54, 1.807) is 6.07 Å². The van der Waals surface area contributed by atoms with Crippen LogP contribution >= 0.6 is 11.6 Å². The zero-order chi connectivity index (χ0) is 14.4. The third-order valence-corrected chi connectivity index (χ3v) is 2.13. The molecule has 0 fully saturated rings. The highest BCUT2D eigenvalue weighted by atomic mass is 35.5. The Balaban J connectivity index is 2.96. The average molecular weight is 283 g/mol. The van der Waals surface area contributed by atoms with Crippen LogP contribution in [-0.2, 0) is 4.79 Å². The Kier molecular flexibility index (Phi) is 4.79. The molecule has 0 aliphatic carbocycles. The number of nitrogens with one attached hydrogen (secondary N) is 1. The molecule has 0 unspecified atom stereocenters. The number of carbonyl (C=O) groups excluding carboxylic acids is 1. The van der Waals surface area contributed by atoms with Crippen LogP contribution in [0.3, 0.4) is 0 Å². The molecule has 0 atom stereocenters. The first-order chi connectivity index (χ1) is 8.95. The van der Waals surface area contributed by atoms with Gasteiger partial charge in [0, 0.05) is 16.7 Å². The van der Waals surface area contributed by atoms with E-state index < -0.39 is 22.3 Å². The molecule has 1 rings (SSSR count).